The van der Waals surface area contributed by atoms with Crippen LogP contribution in [0.25, 0.3) is 0 Å². The van der Waals surface area contributed by atoms with Gasteiger partial charge in [0.2, 0.25) is 11.2 Å². The van der Waals surface area contributed by atoms with Crippen LogP contribution in [0.4, 0.5) is 5.82 Å². The molecule has 0 bridgehead atoms. The van der Waals surface area contributed by atoms with E-state index in [2.05, 4.69) is 20.6 Å². The number of rotatable bonds is 3. The Bertz CT molecular complexity index is 440. The number of halogens is 2. The van der Waals surface area contributed by atoms with Crippen LogP contribution in [0.15, 0.2) is 6.07 Å². The minimum Gasteiger partial charge on any atom is -0.316 e. The summed E-state index contributed by atoms with van der Waals surface area (Å²) >= 11 is 11.5. The molecule has 1 unspecified atom stereocenters. The third kappa shape index (κ3) is 2.74. The van der Waals surface area contributed by atoms with Gasteiger partial charge in [0.25, 0.3) is 0 Å². The minimum atomic E-state index is -0.371. The topological polar surface area (TPSA) is 66.9 Å². The smallest absolute Gasteiger partial charge is 0.233 e. The van der Waals surface area contributed by atoms with Crippen LogP contribution >= 0.6 is 23.2 Å². The van der Waals surface area contributed by atoms with Crippen molar-refractivity contribution in [3.63, 3.8) is 0 Å². The molecule has 5 nitrogen and oxygen atoms in total. The summed E-state index contributed by atoms with van der Waals surface area (Å²) in [6.45, 7) is 3.54. The van der Waals surface area contributed by atoms with Gasteiger partial charge in [-0.3, -0.25) is 4.79 Å². The zero-order valence-corrected chi connectivity index (χ0v) is 11.5. The third-order valence-electron chi connectivity index (χ3n) is 3.31. The number of hydrogen-bond acceptors (Lipinski definition) is 4. The lowest BCUT2D eigenvalue weighted by Crippen LogP contribution is -2.37. The number of anilines is 1. The Morgan fingerprint density at radius 2 is 2.33 bits per heavy atom. The van der Waals surface area contributed by atoms with E-state index in [1.54, 1.807) is 0 Å². The van der Waals surface area contributed by atoms with Crippen molar-refractivity contribution in [1.82, 2.24) is 15.3 Å². The lowest BCUT2D eigenvalue weighted by molar-refractivity contribution is -0.124. The third-order valence-corrected chi connectivity index (χ3v) is 3.67. The van der Waals surface area contributed by atoms with Gasteiger partial charge >= 0.3 is 0 Å². The highest BCUT2D eigenvalue weighted by molar-refractivity contribution is 6.32. The van der Waals surface area contributed by atoms with Crippen molar-refractivity contribution in [2.24, 2.45) is 5.41 Å². The molecular weight excluding hydrogens is 275 g/mol. The van der Waals surface area contributed by atoms with Crippen molar-refractivity contribution < 1.29 is 4.79 Å². The first-order valence-corrected chi connectivity index (χ1v) is 6.53. The summed E-state index contributed by atoms with van der Waals surface area (Å²) in [5.74, 6) is 0.283. The predicted octanol–water partition coefficient (Wildman–Crippen LogP) is 2.11. The summed E-state index contributed by atoms with van der Waals surface area (Å²) in [5.41, 5.74) is -0.371. The van der Waals surface area contributed by atoms with Gasteiger partial charge in [0.15, 0.2) is 0 Å². The van der Waals surface area contributed by atoms with Gasteiger partial charge in [0, 0.05) is 12.6 Å². The standard InChI is InChI=1S/C11H14Cl2N4O/c1-2-11(3-4-14-6-11)9(18)16-8-5-7(12)15-10(13)17-8/h5,14H,2-4,6H2,1H3,(H,15,16,17,18). The summed E-state index contributed by atoms with van der Waals surface area (Å²) in [6, 6.07) is 1.48. The van der Waals surface area contributed by atoms with Crippen molar-refractivity contribution in [2.45, 2.75) is 19.8 Å². The van der Waals surface area contributed by atoms with E-state index in [9.17, 15) is 4.79 Å². The van der Waals surface area contributed by atoms with Gasteiger partial charge < -0.3 is 10.6 Å². The number of carbonyl (C=O) groups is 1. The average molecular weight is 289 g/mol. The first-order valence-electron chi connectivity index (χ1n) is 5.78. The molecule has 0 aliphatic carbocycles. The summed E-state index contributed by atoms with van der Waals surface area (Å²) in [5, 5.41) is 6.20. The molecule has 1 fully saturated rings. The molecule has 1 aromatic rings. The Kier molecular flexibility index (Phi) is 4.04. The lowest BCUT2D eigenvalue weighted by atomic mass is 9.83. The molecule has 2 heterocycles. The molecule has 2 rings (SSSR count). The van der Waals surface area contributed by atoms with E-state index in [1.807, 2.05) is 6.92 Å². The Labute approximate surface area is 115 Å². The van der Waals surface area contributed by atoms with Gasteiger partial charge in [-0.1, -0.05) is 18.5 Å². The quantitative estimate of drug-likeness (QED) is 0.660. The fraction of sp³-hybridized carbons (Fsp3) is 0.545. The zero-order chi connectivity index (χ0) is 13.2. The summed E-state index contributed by atoms with van der Waals surface area (Å²) in [4.78, 5) is 20.0. The van der Waals surface area contributed by atoms with E-state index in [-0.39, 0.29) is 21.8 Å². The van der Waals surface area contributed by atoms with Crippen molar-refractivity contribution >= 4 is 34.9 Å². The molecule has 1 amide bonds. The fourth-order valence-electron chi connectivity index (χ4n) is 2.10. The largest absolute Gasteiger partial charge is 0.316 e. The van der Waals surface area contributed by atoms with Crippen LogP contribution in [0.3, 0.4) is 0 Å². The molecule has 2 N–H and O–H groups in total. The molecule has 98 valence electrons. The normalized spacial score (nSPS) is 23.1. The van der Waals surface area contributed by atoms with Gasteiger partial charge in [0.05, 0.1) is 5.41 Å². The number of carbonyl (C=O) groups excluding carboxylic acids is 1. The highest BCUT2D eigenvalue weighted by atomic mass is 35.5. The Morgan fingerprint density at radius 3 is 2.89 bits per heavy atom. The van der Waals surface area contributed by atoms with Crippen molar-refractivity contribution in [3.8, 4) is 0 Å². The van der Waals surface area contributed by atoms with Gasteiger partial charge in [-0.25, -0.2) is 9.97 Å². The highest BCUT2D eigenvalue weighted by Crippen LogP contribution is 2.31. The second-order valence-corrected chi connectivity index (χ2v) is 5.09. The second-order valence-electron chi connectivity index (χ2n) is 4.36. The molecule has 0 aromatic carbocycles. The molecule has 1 aromatic heterocycles. The highest BCUT2D eigenvalue weighted by Gasteiger charge is 2.39. The van der Waals surface area contributed by atoms with Crippen LogP contribution in [0, 0.1) is 5.41 Å². The maximum absolute atomic E-state index is 12.3. The zero-order valence-electron chi connectivity index (χ0n) is 9.96. The first kappa shape index (κ1) is 13.5. The van der Waals surface area contributed by atoms with Crippen LogP contribution in [-0.4, -0.2) is 29.0 Å². The molecule has 1 atom stereocenters. The summed E-state index contributed by atoms with van der Waals surface area (Å²) in [7, 11) is 0. The number of hydrogen-bond donors (Lipinski definition) is 2. The molecule has 1 aliphatic rings. The van der Waals surface area contributed by atoms with Crippen molar-refractivity contribution in [2.75, 3.05) is 18.4 Å². The number of amides is 1. The van der Waals surface area contributed by atoms with E-state index in [4.69, 9.17) is 23.2 Å². The molecule has 0 radical (unpaired) electrons. The maximum Gasteiger partial charge on any atom is 0.233 e. The number of nitrogens with one attached hydrogen (secondary N) is 2. The molecule has 18 heavy (non-hydrogen) atoms. The molecule has 7 heteroatoms. The van der Waals surface area contributed by atoms with Gasteiger partial charge in [0.1, 0.15) is 11.0 Å². The van der Waals surface area contributed by atoms with Gasteiger partial charge in [-0.2, -0.15) is 0 Å². The maximum atomic E-state index is 12.3. The van der Waals surface area contributed by atoms with Crippen LogP contribution < -0.4 is 10.6 Å². The van der Waals surface area contributed by atoms with Gasteiger partial charge in [-0.05, 0) is 31.0 Å². The van der Waals surface area contributed by atoms with Crippen LogP contribution in [0.2, 0.25) is 10.4 Å². The van der Waals surface area contributed by atoms with E-state index in [0.29, 0.717) is 12.4 Å². The fourth-order valence-corrected chi connectivity index (χ4v) is 2.51. The van der Waals surface area contributed by atoms with E-state index >= 15 is 0 Å². The first-order chi connectivity index (χ1) is 8.55. The summed E-state index contributed by atoms with van der Waals surface area (Å²) < 4.78 is 0. The van der Waals surface area contributed by atoms with E-state index < -0.39 is 0 Å². The summed E-state index contributed by atoms with van der Waals surface area (Å²) in [6.07, 6.45) is 1.60. The monoisotopic (exact) mass is 288 g/mol. The minimum absolute atomic E-state index is 0.0212. The van der Waals surface area contributed by atoms with E-state index in [0.717, 1.165) is 19.4 Å². The Balaban J connectivity index is 2.15. The van der Waals surface area contributed by atoms with Gasteiger partial charge in [-0.15, -0.1) is 0 Å². The predicted molar refractivity (Wildman–Crippen MR) is 70.9 cm³/mol. The van der Waals surface area contributed by atoms with E-state index in [1.165, 1.54) is 6.07 Å². The van der Waals surface area contributed by atoms with Crippen molar-refractivity contribution in [1.29, 1.82) is 0 Å². The Hall–Kier alpha value is -0.910. The molecule has 1 saturated heterocycles. The van der Waals surface area contributed by atoms with Crippen LogP contribution in [-0.2, 0) is 4.79 Å². The number of nitrogens with zero attached hydrogens (tertiary/aromatic N) is 2. The second kappa shape index (κ2) is 5.38. The average Bonchev–Trinajstić information content (AvgIpc) is 2.77. The van der Waals surface area contributed by atoms with Crippen molar-refractivity contribution in [3.05, 3.63) is 16.5 Å². The molecule has 1 aliphatic heterocycles. The lowest BCUT2D eigenvalue weighted by Gasteiger charge is -2.24. The number of aromatic nitrogens is 2. The van der Waals surface area contributed by atoms with Crippen LogP contribution in [0.5, 0.6) is 0 Å². The van der Waals surface area contributed by atoms with Crippen LogP contribution in [0.1, 0.15) is 19.8 Å². The SMILES string of the molecule is CCC1(C(=O)Nc2cc(Cl)nc(Cl)n2)CCNC1. The molecule has 0 spiro atoms. The Morgan fingerprint density at radius 1 is 1.56 bits per heavy atom. The molecule has 0 saturated carbocycles. The molecular formula is C11H14Cl2N4O.